The molecule has 1 saturated heterocycles. The first-order chi connectivity index (χ1) is 12.0. The van der Waals surface area contributed by atoms with Gasteiger partial charge in [0.25, 0.3) is 5.91 Å². The van der Waals surface area contributed by atoms with E-state index in [1.807, 2.05) is 24.3 Å². The molecule has 3 amide bonds. The van der Waals surface area contributed by atoms with Crippen LogP contribution in [0.15, 0.2) is 40.8 Å². The Hall–Kier alpha value is -3.09. The molecule has 1 aliphatic heterocycles. The van der Waals surface area contributed by atoms with Crippen molar-refractivity contribution in [3.8, 4) is 0 Å². The summed E-state index contributed by atoms with van der Waals surface area (Å²) >= 11 is 0. The second-order valence-electron chi connectivity index (χ2n) is 6.14. The summed E-state index contributed by atoms with van der Waals surface area (Å²) in [5.74, 6) is -0.527. The van der Waals surface area contributed by atoms with Crippen LogP contribution in [0.4, 0.5) is 4.79 Å². The molecule has 25 heavy (non-hydrogen) atoms. The van der Waals surface area contributed by atoms with Crippen molar-refractivity contribution in [1.29, 1.82) is 0 Å². The van der Waals surface area contributed by atoms with Crippen LogP contribution in [0.2, 0.25) is 0 Å². The van der Waals surface area contributed by atoms with Crippen LogP contribution in [0.5, 0.6) is 0 Å². The van der Waals surface area contributed by atoms with Crippen LogP contribution < -0.4 is 5.32 Å². The number of esters is 1. The molecule has 2 heterocycles. The Morgan fingerprint density at radius 2 is 2.08 bits per heavy atom. The van der Waals surface area contributed by atoms with Gasteiger partial charge in [-0.05, 0) is 36.1 Å². The summed E-state index contributed by atoms with van der Waals surface area (Å²) < 4.78 is 9.95. The maximum absolute atomic E-state index is 13.0. The summed E-state index contributed by atoms with van der Waals surface area (Å²) in [5.41, 5.74) is 0.931. The average Bonchev–Trinajstić information content (AvgIpc) is 3.30. The van der Waals surface area contributed by atoms with Crippen LogP contribution >= 0.6 is 0 Å². The molecule has 4 rings (SSSR count). The van der Waals surface area contributed by atoms with E-state index in [-0.39, 0.29) is 18.2 Å². The lowest BCUT2D eigenvalue weighted by molar-refractivity contribution is -0.132. The van der Waals surface area contributed by atoms with Crippen LogP contribution in [0.3, 0.4) is 0 Å². The van der Waals surface area contributed by atoms with E-state index in [1.165, 1.54) is 13.2 Å². The quantitative estimate of drug-likeness (QED) is 0.681. The van der Waals surface area contributed by atoms with Gasteiger partial charge in [0.2, 0.25) is 5.76 Å². The number of hydrogen-bond acceptors (Lipinski definition) is 5. The first kappa shape index (κ1) is 15.4. The van der Waals surface area contributed by atoms with Crippen molar-refractivity contribution >= 4 is 17.9 Å². The van der Waals surface area contributed by atoms with E-state index in [4.69, 9.17) is 4.42 Å². The molecular weight excluding hydrogens is 324 g/mol. The number of imide groups is 1. The highest BCUT2D eigenvalue weighted by molar-refractivity contribution is 6.08. The summed E-state index contributed by atoms with van der Waals surface area (Å²) in [4.78, 5) is 38.0. The van der Waals surface area contributed by atoms with Gasteiger partial charge in [0, 0.05) is 0 Å². The Morgan fingerprint density at radius 3 is 2.88 bits per heavy atom. The highest BCUT2D eigenvalue weighted by atomic mass is 16.5. The molecule has 1 spiro atoms. The van der Waals surface area contributed by atoms with Gasteiger partial charge in [-0.3, -0.25) is 9.69 Å². The van der Waals surface area contributed by atoms with E-state index < -0.39 is 17.5 Å². The number of furan rings is 1. The monoisotopic (exact) mass is 340 g/mol. The topological polar surface area (TPSA) is 88.9 Å². The zero-order valence-electron chi connectivity index (χ0n) is 13.6. The number of ether oxygens (including phenoxy) is 1. The van der Waals surface area contributed by atoms with Gasteiger partial charge >= 0.3 is 12.0 Å². The van der Waals surface area contributed by atoms with Crippen LogP contribution in [0.1, 0.15) is 33.9 Å². The smallest absolute Gasteiger partial charge is 0.373 e. The SMILES string of the molecule is COC(=O)c1ccc(CN2C(=O)N[C@@]3(CCc4ccccc43)C2=O)o1. The number of methoxy groups -OCH3 is 1. The maximum atomic E-state index is 13.0. The number of rotatable bonds is 3. The highest BCUT2D eigenvalue weighted by Crippen LogP contribution is 2.41. The van der Waals surface area contributed by atoms with Gasteiger partial charge in [-0.15, -0.1) is 0 Å². The van der Waals surface area contributed by atoms with E-state index in [0.29, 0.717) is 12.2 Å². The third-order valence-electron chi connectivity index (χ3n) is 4.78. The van der Waals surface area contributed by atoms with Gasteiger partial charge in [0.05, 0.1) is 13.7 Å². The van der Waals surface area contributed by atoms with Gasteiger partial charge in [-0.1, -0.05) is 24.3 Å². The van der Waals surface area contributed by atoms with Crippen molar-refractivity contribution in [3.63, 3.8) is 0 Å². The average molecular weight is 340 g/mol. The normalized spacial score (nSPS) is 21.6. The maximum Gasteiger partial charge on any atom is 0.373 e. The first-order valence-electron chi connectivity index (χ1n) is 7.95. The minimum absolute atomic E-state index is 0.0329. The van der Waals surface area contributed by atoms with Crippen LogP contribution in [0.25, 0.3) is 0 Å². The molecule has 1 aliphatic carbocycles. The summed E-state index contributed by atoms with van der Waals surface area (Å²) in [6.07, 6.45) is 1.28. The van der Waals surface area contributed by atoms with Crippen molar-refractivity contribution in [1.82, 2.24) is 10.2 Å². The number of benzene rings is 1. The molecule has 2 aliphatic rings. The first-order valence-corrected chi connectivity index (χ1v) is 7.95. The van der Waals surface area contributed by atoms with Gasteiger partial charge in [-0.2, -0.15) is 0 Å². The van der Waals surface area contributed by atoms with E-state index >= 15 is 0 Å². The molecular formula is C18H16N2O5. The van der Waals surface area contributed by atoms with Crippen molar-refractivity contribution < 1.29 is 23.5 Å². The van der Waals surface area contributed by atoms with Crippen molar-refractivity contribution in [3.05, 3.63) is 59.0 Å². The molecule has 0 bridgehead atoms. The largest absolute Gasteiger partial charge is 0.463 e. The number of nitrogens with one attached hydrogen (secondary N) is 1. The fraction of sp³-hybridized carbons (Fsp3) is 0.278. The molecule has 1 N–H and O–H groups in total. The summed E-state index contributed by atoms with van der Waals surface area (Å²) in [5, 5.41) is 2.85. The lowest BCUT2D eigenvalue weighted by Crippen LogP contribution is -2.41. The number of hydrogen-bond donors (Lipinski definition) is 1. The Morgan fingerprint density at radius 1 is 1.28 bits per heavy atom. The predicted molar refractivity (Wildman–Crippen MR) is 85.6 cm³/mol. The summed E-state index contributed by atoms with van der Waals surface area (Å²) in [7, 11) is 1.25. The third kappa shape index (κ3) is 2.23. The van der Waals surface area contributed by atoms with E-state index in [2.05, 4.69) is 10.1 Å². The van der Waals surface area contributed by atoms with Gasteiger partial charge in [-0.25, -0.2) is 9.59 Å². The van der Waals surface area contributed by atoms with Gasteiger partial charge in [0.15, 0.2) is 0 Å². The van der Waals surface area contributed by atoms with E-state index in [9.17, 15) is 14.4 Å². The van der Waals surface area contributed by atoms with Crippen LogP contribution in [0, 0.1) is 0 Å². The molecule has 0 radical (unpaired) electrons. The Balaban J connectivity index is 1.61. The second-order valence-corrected chi connectivity index (χ2v) is 6.14. The number of aryl methyl sites for hydroxylation is 1. The minimum atomic E-state index is -0.995. The summed E-state index contributed by atoms with van der Waals surface area (Å²) in [6, 6.07) is 10.2. The third-order valence-corrected chi connectivity index (χ3v) is 4.78. The fourth-order valence-corrected chi connectivity index (χ4v) is 3.56. The standard InChI is InChI=1S/C18H16N2O5/c1-24-15(21)14-7-6-12(25-14)10-20-16(22)18(19-17(20)23)9-8-11-4-2-3-5-13(11)18/h2-7H,8-10H2,1H3,(H,19,23)/t18-/m1/s1. The van der Waals surface area contributed by atoms with Crippen LogP contribution in [-0.2, 0) is 28.0 Å². The van der Waals surface area contributed by atoms with E-state index in [1.54, 1.807) is 6.07 Å². The van der Waals surface area contributed by atoms with Gasteiger partial charge in [0.1, 0.15) is 11.3 Å². The van der Waals surface area contributed by atoms with Crippen molar-refractivity contribution in [2.45, 2.75) is 24.9 Å². The molecule has 7 nitrogen and oxygen atoms in total. The number of urea groups is 1. The fourth-order valence-electron chi connectivity index (χ4n) is 3.56. The van der Waals surface area contributed by atoms with Crippen molar-refractivity contribution in [2.75, 3.05) is 7.11 Å². The Bertz CT molecular complexity index is 887. The summed E-state index contributed by atoms with van der Waals surface area (Å²) in [6.45, 7) is -0.0361. The molecule has 1 atom stereocenters. The Labute approximate surface area is 143 Å². The molecule has 1 fully saturated rings. The molecule has 0 unspecified atom stereocenters. The number of amides is 3. The molecule has 7 heteroatoms. The number of carbonyl (C=O) groups excluding carboxylic acids is 3. The molecule has 1 aromatic carbocycles. The number of carbonyl (C=O) groups is 3. The number of fused-ring (bicyclic) bond motifs is 2. The zero-order valence-corrected chi connectivity index (χ0v) is 13.6. The molecule has 0 saturated carbocycles. The van der Waals surface area contributed by atoms with E-state index in [0.717, 1.165) is 22.4 Å². The van der Waals surface area contributed by atoms with Crippen molar-refractivity contribution in [2.24, 2.45) is 0 Å². The molecule has 128 valence electrons. The minimum Gasteiger partial charge on any atom is -0.463 e. The zero-order chi connectivity index (χ0) is 17.6. The van der Waals surface area contributed by atoms with Gasteiger partial charge < -0.3 is 14.5 Å². The lowest BCUT2D eigenvalue weighted by Gasteiger charge is -2.22. The Kier molecular flexibility index (Phi) is 3.38. The lowest BCUT2D eigenvalue weighted by atomic mass is 9.92. The van der Waals surface area contributed by atoms with Crippen LogP contribution in [-0.4, -0.2) is 29.9 Å². The predicted octanol–water partition coefficient (Wildman–Crippen LogP) is 1.96. The molecule has 2 aromatic rings. The highest BCUT2D eigenvalue weighted by Gasteiger charge is 2.55. The number of nitrogens with zero attached hydrogens (tertiary/aromatic N) is 1. The second kappa shape index (κ2) is 5.47. The molecule has 1 aromatic heterocycles.